The quantitative estimate of drug-likeness (QED) is 0.902. The number of hydrogen-bond donors (Lipinski definition) is 1. The fourth-order valence-electron chi connectivity index (χ4n) is 2.37. The van der Waals surface area contributed by atoms with Crippen LogP contribution in [0.25, 0.3) is 0 Å². The maximum atomic E-state index is 11.6. The van der Waals surface area contributed by atoms with Gasteiger partial charge in [0.05, 0.1) is 11.5 Å². The average molecular weight is 297 g/mol. The molecule has 1 aromatic heterocycles. The molecule has 0 spiro atoms. The van der Waals surface area contributed by atoms with Crippen molar-refractivity contribution >= 4 is 15.7 Å². The van der Waals surface area contributed by atoms with Crippen LogP contribution in [0.2, 0.25) is 0 Å². The van der Waals surface area contributed by atoms with Gasteiger partial charge in [0, 0.05) is 25.3 Å². The van der Waals surface area contributed by atoms with Crippen LogP contribution >= 0.6 is 0 Å². The summed E-state index contributed by atoms with van der Waals surface area (Å²) in [6, 6.07) is 4.08. The molecule has 1 aliphatic heterocycles. The van der Waals surface area contributed by atoms with Crippen molar-refractivity contribution in [1.29, 1.82) is 0 Å². The largest absolute Gasteiger partial charge is 0.356 e. The molecule has 1 aliphatic rings. The number of nitrogens with one attached hydrogen (secondary N) is 1. The Bertz CT molecular complexity index is 558. The third kappa shape index (κ3) is 3.93. The molecule has 0 unspecified atom stereocenters. The first-order valence-electron chi connectivity index (χ1n) is 7.14. The lowest BCUT2D eigenvalue weighted by atomic mass is 10.2. The first kappa shape index (κ1) is 15.3. The van der Waals surface area contributed by atoms with Crippen LogP contribution < -0.4 is 10.2 Å². The molecule has 2 heterocycles. The zero-order valence-electron chi connectivity index (χ0n) is 12.2. The normalized spacial score (nSPS) is 18.8. The fraction of sp³-hybridized carbons (Fsp3) is 0.643. The molecule has 0 amide bonds. The highest BCUT2D eigenvalue weighted by Gasteiger charge is 2.20. The van der Waals surface area contributed by atoms with Crippen molar-refractivity contribution in [2.24, 2.45) is 0 Å². The highest BCUT2D eigenvalue weighted by atomic mass is 32.2. The van der Waals surface area contributed by atoms with E-state index in [9.17, 15) is 8.42 Å². The summed E-state index contributed by atoms with van der Waals surface area (Å²) in [4.78, 5) is 6.71. The second-order valence-corrected chi connectivity index (χ2v) is 7.49. The van der Waals surface area contributed by atoms with E-state index in [-0.39, 0.29) is 5.75 Å². The Morgan fingerprint density at radius 3 is 2.80 bits per heavy atom. The van der Waals surface area contributed by atoms with Crippen LogP contribution in [0, 0.1) is 6.92 Å². The van der Waals surface area contributed by atoms with Crippen LogP contribution in [0.3, 0.4) is 0 Å². The first-order chi connectivity index (χ1) is 9.52. The number of aromatic nitrogens is 1. The number of anilines is 1. The minimum absolute atomic E-state index is 0.229. The molecular weight excluding hydrogens is 274 g/mol. The summed E-state index contributed by atoms with van der Waals surface area (Å²) in [6.07, 6.45) is 0.683. The summed E-state index contributed by atoms with van der Waals surface area (Å²) in [7, 11) is -2.87. The Hall–Kier alpha value is -1.14. The second kappa shape index (κ2) is 6.54. The minimum atomic E-state index is -2.87. The molecule has 0 bridgehead atoms. The standard InChI is InChI=1S/C14H23N3O2S/c1-3-15-11-13-5-6-14(16-12(13)2)17-7-4-9-20(18,19)10-8-17/h5-6,15H,3-4,7-11H2,1-2H3. The van der Waals surface area contributed by atoms with E-state index in [1.807, 2.05) is 13.0 Å². The van der Waals surface area contributed by atoms with E-state index in [0.717, 1.165) is 31.1 Å². The molecule has 112 valence electrons. The molecule has 0 radical (unpaired) electrons. The third-order valence-electron chi connectivity index (χ3n) is 3.63. The monoisotopic (exact) mass is 297 g/mol. The van der Waals surface area contributed by atoms with Gasteiger partial charge in [-0.3, -0.25) is 0 Å². The lowest BCUT2D eigenvalue weighted by molar-refractivity contribution is 0.597. The molecule has 0 aliphatic carbocycles. The van der Waals surface area contributed by atoms with Gasteiger partial charge in [0.1, 0.15) is 5.82 Å². The van der Waals surface area contributed by atoms with Gasteiger partial charge in [0.2, 0.25) is 0 Å². The SMILES string of the molecule is CCNCc1ccc(N2CCCS(=O)(=O)CC2)nc1C. The van der Waals surface area contributed by atoms with Gasteiger partial charge < -0.3 is 10.2 Å². The Morgan fingerprint density at radius 1 is 1.30 bits per heavy atom. The Balaban J connectivity index is 2.11. The number of aryl methyl sites for hydroxylation is 1. The van der Waals surface area contributed by atoms with E-state index in [0.29, 0.717) is 18.7 Å². The van der Waals surface area contributed by atoms with Crippen LogP contribution in [-0.4, -0.2) is 44.5 Å². The van der Waals surface area contributed by atoms with Crippen molar-refractivity contribution < 1.29 is 8.42 Å². The third-order valence-corrected chi connectivity index (χ3v) is 5.34. The summed E-state index contributed by atoms with van der Waals surface area (Å²) in [5.74, 6) is 1.41. The molecular formula is C14H23N3O2S. The molecule has 0 aromatic carbocycles. The Labute approximate surface area is 121 Å². The van der Waals surface area contributed by atoms with Gasteiger partial charge in [-0.15, -0.1) is 0 Å². The van der Waals surface area contributed by atoms with Gasteiger partial charge >= 0.3 is 0 Å². The summed E-state index contributed by atoms with van der Waals surface area (Å²) >= 11 is 0. The zero-order valence-corrected chi connectivity index (χ0v) is 13.0. The van der Waals surface area contributed by atoms with Crippen molar-refractivity contribution in [3.8, 4) is 0 Å². The molecule has 1 fully saturated rings. The number of pyridine rings is 1. The van der Waals surface area contributed by atoms with E-state index in [1.165, 1.54) is 5.56 Å². The summed E-state index contributed by atoms with van der Waals surface area (Å²) in [6.45, 7) is 7.15. The van der Waals surface area contributed by atoms with E-state index >= 15 is 0 Å². The van der Waals surface area contributed by atoms with Crippen LogP contribution in [0.4, 0.5) is 5.82 Å². The fourth-order valence-corrected chi connectivity index (χ4v) is 3.64. The maximum Gasteiger partial charge on any atom is 0.152 e. The lowest BCUT2D eigenvalue weighted by Gasteiger charge is -2.21. The topological polar surface area (TPSA) is 62.3 Å². The highest BCUT2D eigenvalue weighted by molar-refractivity contribution is 7.91. The van der Waals surface area contributed by atoms with Crippen LogP contribution in [0.5, 0.6) is 0 Å². The van der Waals surface area contributed by atoms with E-state index in [4.69, 9.17) is 0 Å². The molecule has 5 nitrogen and oxygen atoms in total. The lowest BCUT2D eigenvalue weighted by Crippen LogP contribution is -2.28. The van der Waals surface area contributed by atoms with Gasteiger partial charge in [0.25, 0.3) is 0 Å². The number of hydrogen-bond acceptors (Lipinski definition) is 5. The Kier molecular flexibility index (Phi) is 4.99. The Morgan fingerprint density at radius 2 is 2.10 bits per heavy atom. The van der Waals surface area contributed by atoms with Crippen LogP contribution in [0.1, 0.15) is 24.6 Å². The second-order valence-electron chi connectivity index (χ2n) is 5.19. The molecule has 6 heteroatoms. The van der Waals surface area contributed by atoms with Gasteiger partial charge in [-0.1, -0.05) is 13.0 Å². The van der Waals surface area contributed by atoms with Crippen molar-refractivity contribution in [3.05, 3.63) is 23.4 Å². The van der Waals surface area contributed by atoms with Crippen molar-refractivity contribution in [3.63, 3.8) is 0 Å². The molecule has 1 saturated heterocycles. The zero-order chi connectivity index (χ0) is 14.6. The number of sulfone groups is 1. The van der Waals surface area contributed by atoms with Crippen LogP contribution in [0.15, 0.2) is 12.1 Å². The van der Waals surface area contributed by atoms with E-state index in [2.05, 4.69) is 28.2 Å². The molecule has 0 atom stereocenters. The number of rotatable bonds is 4. The van der Waals surface area contributed by atoms with Crippen molar-refractivity contribution in [2.75, 3.05) is 36.0 Å². The van der Waals surface area contributed by atoms with Gasteiger partial charge in [-0.2, -0.15) is 0 Å². The summed E-state index contributed by atoms with van der Waals surface area (Å²) in [5.41, 5.74) is 2.20. The molecule has 1 N–H and O–H groups in total. The predicted octanol–water partition coefficient (Wildman–Crippen LogP) is 1.12. The van der Waals surface area contributed by atoms with E-state index < -0.39 is 9.84 Å². The highest BCUT2D eigenvalue weighted by Crippen LogP contribution is 2.17. The maximum absolute atomic E-state index is 11.6. The van der Waals surface area contributed by atoms with Gasteiger partial charge in [0.15, 0.2) is 9.84 Å². The molecule has 20 heavy (non-hydrogen) atoms. The molecule has 2 rings (SSSR count). The molecule has 0 saturated carbocycles. The van der Waals surface area contributed by atoms with Gasteiger partial charge in [-0.25, -0.2) is 13.4 Å². The van der Waals surface area contributed by atoms with Gasteiger partial charge in [-0.05, 0) is 31.5 Å². The molecule has 1 aromatic rings. The first-order valence-corrected chi connectivity index (χ1v) is 8.96. The average Bonchev–Trinajstić information content (AvgIpc) is 2.58. The van der Waals surface area contributed by atoms with Crippen molar-refractivity contribution in [2.45, 2.75) is 26.8 Å². The number of nitrogens with zero attached hydrogens (tertiary/aromatic N) is 2. The summed E-state index contributed by atoms with van der Waals surface area (Å²) in [5, 5.41) is 3.29. The predicted molar refractivity (Wildman–Crippen MR) is 81.8 cm³/mol. The smallest absolute Gasteiger partial charge is 0.152 e. The van der Waals surface area contributed by atoms with Crippen LogP contribution in [-0.2, 0) is 16.4 Å². The van der Waals surface area contributed by atoms with Crippen molar-refractivity contribution in [1.82, 2.24) is 10.3 Å². The minimum Gasteiger partial charge on any atom is -0.356 e. The summed E-state index contributed by atoms with van der Waals surface area (Å²) < 4.78 is 23.3. The van der Waals surface area contributed by atoms with E-state index in [1.54, 1.807) is 0 Å².